The number of amides is 1. The Morgan fingerprint density at radius 1 is 1.18 bits per heavy atom. The molecule has 0 aliphatic carbocycles. The number of aromatic nitrogens is 2. The van der Waals surface area contributed by atoms with Gasteiger partial charge in [-0.1, -0.05) is 24.3 Å². The Bertz CT molecular complexity index is 1040. The highest BCUT2D eigenvalue weighted by Gasteiger charge is 2.19. The molecular weight excluding hydrogens is 438 g/mol. The summed E-state index contributed by atoms with van der Waals surface area (Å²) < 4.78 is 1.03. The molecule has 0 radical (unpaired) electrons. The highest BCUT2D eigenvalue weighted by molar-refractivity contribution is 9.10. The Balaban J connectivity index is 1.68. The summed E-state index contributed by atoms with van der Waals surface area (Å²) in [4.78, 5) is 35.3. The first-order chi connectivity index (χ1) is 13.5. The number of benzene rings is 2. The lowest BCUT2D eigenvalue weighted by Gasteiger charge is -2.26. The van der Waals surface area contributed by atoms with Gasteiger partial charge in [0.1, 0.15) is 5.82 Å². The second-order valence-corrected chi connectivity index (χ2v) is 8.67. The zero-order valence-corrected chi connectivity index (χ0v) is 18.2. The molecule has 146 valence electrons. The molecule has 1 heterocycles. The number of carbonyl (C=O) groups is 1. The van der Waals surface area contributed by atoms with Crippen molar-refractivity contribution in [2.75, 3.05) is 5.75 Å². The van der Waals surface area contributed by atoms with Gasteiger partial charge in [0.2, 0.25) is 5.91 Å². The van der Waals surface area contributed by atoms with E-state index in [4.69, 9.17) is 0 Å². The van der Waals surface area contributed by atoms with Gasteiger partial charge < -0.3 is 9.88 Å². The van der Waals surface area contributed by atoms with E-state index < -0.39 is 0 Å². The number of nitrogens with zero attached hydrogens (tertiary/aromatic N) is 2. The zero-order chi connectivity index (χ0) is 20.1. The lowest BCUT2D eigenvalue weighted by molar-refractivity contribution is -0.133. The number of thioether (sulfide) groups is 1. The number of H-pyrrole nitrogens is 1. The Morgan fingerprint density at radius 3 is 2.64 bits per heavy atom. The van der Waals surface area contributed by atoms with E-state index in [1.807, 2.05) is 56.3 Å². The van der Waals surface area contributed by atoms with Crippen molar-refractivity contribution in [3.05, 3.63) is 69.2 Å². The third-order valence-electron chi connectivity index (χ3n) is 4.34. The lowest BCUT2D eigenvalue weighted by atomic mass is 10.2. The number of para-hydroxylation sites is 1. The van der Waals surface area contributed by atoms with Crippen molar-refractivity contribution in [1.29, 1.82) is 0 Å². The Hall–Kier alpha value is -2.12. The molecule has 0 saturated heterocycles. The van der Waals surface area contributed by atoms with Gasteiger partial charge in [0.15, 0.2) is 0 Å². The minimum atomic E-state index is -0.179. The fourth-order valence-electron chi connectivity index (χ4n) is 2.88. The molecular formula is C21H22BrN3O2S. The first-order valence-electron chi connectivity index (χ1n) is 9.10. The molecule has 0 fully saturated rings. The van der Waals surface area contributed by atoms with E-state index in [-0.39, 0.29) is 24.1 Å². The molecule has 1 amide bonds. The molecule has 0 saturated carbocycles. The maximum Gasteiger partial charge on any atom is 0.258 e. The molecule has 1 N–H and O–H groups in total. The lowest BCUT2D eigenvalue weighted by Crippen LogP contribution is -2.37. The average Bonchev–Trinajstić information content (AvgIpc) is 2.67. The molecule has 3 aromatic rings. The number of halogens is 1. The molecule has 0 spiro atoms. The van der Waals surface area contributed by atoms with E-state index in [9.17, 15) is 9.59 Å². The SMILES string of the molecule is CC(C)N(Cc1nc2ccccc2c(=O)[nH]1)C(=O)CCSc1ccccc1Br. The molecule has 0 bridgehead atoms. The third-order valence-corrected chi connectivity index (χ3v) is 6.37. The Morgan fingerprint density at radius 2 is 1.89 bits per heavy atom. The van der Waals surface area contributed by atoms with E-state index in [1.165, 1.54) is 0 Å². The van der Waals surface area contributed by atoms with E-state index in [1.54, 1.807) is 22.7 Å². The summed E-state index contributed by atoms with van der Waals surface area (Å²) in [6.07, 6.45) is 0.419. The fourth-order valence-corrected chi connectivity index (χ4v) is 4.39. The van der Waals surface area contributed by atoms with E-state index in [0.717, 1.165) is 9.37 Å². The predicted octanol–water partition coefficient (Wildman–Crippen LogP) is 4.61. The van der Waals surface area contributed by atoms with Gasteiger partial charge >= 0.3 is 0 Å². The number of hydrogen-bond acceptors (Lipinski definition) is 4. The molecule has 2 aromatic carbocycles. The number of hydrogen-bond donors (Lipinski definition) is 1. The van der Waals surface area contributed by atoms with Gasteiger partial charge in [0.05, 0.1) is 17.4 Å². The Kier molecular flexibility index (Phi) is 6.91. The number of rotatable bonds is 7. The highest BCUT2D eigenvalue weighted by atomic mass is 79.9. The molecule has 0 unspecified atom stereocenters. The summed E-state index contributed by atoms with van der Waals surface area (Å²) in [5.74, 6) is 1.24. The normalized spacial score (nSPS) is 11.1. The summed E-state index contributed by atoms with van der Waals surface area (Å²) in [6.45, 7) is 4.23. The van der Waals surface area contributed by atoms with Gasteiger partial charge in [-0.3, -0.25) is 9.59 Å². The number of nitrogens with one attached hydrogen (secondary N) is 1. The van der Waals surface area contributed by atoms with Gasteiger partial charge in [-0.05, 0) is 54.0 Å². The number of carbonyl (C=O) groups excluding carboxylic acids is 1. The fraction of sp³-hybridized carbons (Fsp3) is 0.286. The predicted molar refractivity (Wildman–Crippen MR) is 118 cm³/mol. The maximum absolute atomic E-state index is 12.8. The van der Waals surface area contributed by atoms with Crippen LogP contribution in [0.2, 0.25) is 0 Å². The van der Waals surface area contributed by atoms with Crippen molar-refractivity contribution in [3.8, 4) is 0 Å². The van der Waals surface area contributed by atoms with E-state index in [2.05, 4.69) is 25.9 Å². The molecule has 7 heteroatoms. The molecule has 0 aliphatic heterocycles. The summed E-state index contributed by atoms with van der Waals surface area (Å²) >= 11 is 5.18. The molecule has 5 nitrogen and oxygen atoms in total. The van der Waals surface area contributed by atoms with Gasteiger partial charge in [0.25, 0.3) is 5.56 Å². The molecule has 3 rings (SSSR count). The molecule has 28 heavy (non-hydrogen) atoms. The van der Waals surface area contributed by atoms with Gasteiger partial charge in [-0.15, -0.1) is 11.8 Å². The largest absolute Gasteiger partial charge is 0.333 e. The quantitative estimate of drug-likeness (QED) is 0.524. The van der Waals surface area contributed by atoms with Crippen molar-refractivity contribution in [3.63, 3.8) is 0 Å². The third kappa shape index (κ3) is 5.02. The van der Waals surface area contributed by atoms with Crippen molar-refractivity contribution < 1.29 is 4.79 Å². The Labute approximate surface area is 176 Å². The van der Waals surface area contributed by atoms with Gasteiger partial charge in [-0.2, -0.15) is 0 Å². The number of aromatic amines is 1. The van der Waals surface area contributed by atoms with Crippen LogP contribution in [0.3, 0.4) is 0 Å². The van der Waals surface area contributed by atoms with Crippen LogP contribution in [0.25, 0.3) is 10.9 Å². The monoisotopic (exact) mass is 459 g/mol. The van der Waals surface area contributed by atoms with Gasteiger partial charge in [-0.25, -0.2) is 4.98 Å². The minimum Gasteiger partial charge on any atom is -0.333 e. The topological polar surface area (TPSA) is 66.1 Å². The van der Waals surface area contributed by atoms with Gasteiger partial charge in [0, 0.05) is 27.6 Å². The minimum absolute atomic E-state index is 0.0118. The van der Waals surface area contributed by atoms with E-state index in [0.29, 0.717) is 28.9 Å². The van der Waals surface area contributed by atoms with Crippen LogP contribution in [0.5, 0.6) is 0 Å². The van der Waals surface area contributed by atoms with Crippen LogP contribution in [0, 0.1) is 0 Å². The zero-order valence-electron chi connectivity index (χ0n) is 15.8. The van der Waals surface area contributed by atoms with Crippen LogP contribution in [0.4, 0.5) is 0 Å². The van der Waals surface area contributed by atoms with Crippen LogP contribution in [0.15, 0.2) is 62.7 Å². The van der Waals surface area contributed by atoms with Crippen LogP contribution < -0.4 is 5.56 Å². The molecule has 1 aromatic heterocycles. The average molecular weight is 460 g/mol. The van der Waals surface area contributed by atoms with Crippen LogP contribution >= 0.6 is 27.7 Å². The summed E-state index contributed by atoms with van der Waals surface area (Å²) in [5.41, 5.74) is 0.461. The first-order valence-corrected chi connectivity index (χ1v) is 10.9. The second kappa shape index (κ2) is 9.39. The van der Waals surface area contributed by atoms with E-state index >= 15 is 0 Å². The summed E-state index contributed by atoms with van der Waals surface area (Å²) in [6, 6.07) is 15.2. The maximum atomic E-state index is 12.8. The smallest absolute Gasteiger partial charge is 0.258 e. The van der Waals surface area contributed by atoms with Crippen molar-refractivity contribution >= 4 is 44.5 Å². The van der Waals surface area contributed by atoms with Crippen molar-refractivity contribution in [1.82, 2.24) is 14.9 Å². The first kappa shape index (κ1) is 20.6. The number of fused-ring (bicyclic) bond motifs is 1. The molecule has 0 atom stereocenters. The van der Waals surface area contributed by atoms with Crippen LogP contribution in [0.1, 0.15) is 26.1 Å². The summed E-state index contributed by atoms with van der Waals surface area (Å²) in [5, 5.41) is 0.554. The van der Waals surface area contributed by atoms with Crippen molar-refractivity contribution in [2.24, 2.45) is 0 Å². The molecule has 0 aliphatic rings. The van der Waals surface area contributed by atoms with Crippen LogP contribution in [-0.4, -0.2) is 32.6 Å². The van der Waals surface area contributed by atoms with Crippen LogP contribution in [-0.2, 0) is 11.3 Å². The summed E-state index contributed by atoms with van der Waals surface area (Å²) in [7, 11) is 0. The highest BCUT2D eigenvalue weighted by Crippen LogP contribution is 2.27. The van der Waals surface area contributed by atoms with Crippen molar-refractivity contribution in [2.45, 2.75) is 37.8 Å². The standard InChI is InChI=1S/C21H22BrN3O2S/c1-14(2)25(20(26)11-12-28-18-10-6-4-8-16(18)22)13-19-23-17-9-5-3-7-15(17)21(27)24-19/h3-10,14H,11-13H2,1-2H3,(H,23,24,27). The second-order valence-electron chi connectivity index (χ2n) is 6.67.